The number of ether oxygens (including phenoxy) is 1. The maximum absolute atomic E-state index is 11.6. The Kier molecular flexibility index (Phi) is 5.49. The van der Waals surface area contributed by atoms with Gasteiger partial charge in [-0.2, -0.15) is 0 Å². The number of hydrogen-bond donors (Lipinski definition) is 1. The van der Waals surface area contributed by atoms with Gasteiger partial charge in [-0.05, 0) is 41.8 Å². The molecule has 3 aromatic rings. The lowest BCUT2D eigenvalue weighted by molar-refractivity contribution is -0.130. The van der Waals surface area contributed by atoms with Gasteiger partial charge in [0.1, 0.15) is 12.4 Å². The molecule has 0 saturated heterocycles. The molecule has 0 aromatic heterocycles. The Morgan fingerprint density at radius 2 is 1.58 bits per heavy atom. The Labute approximate surface area is 153 Å². The summed E-state index contributed by atoms with van der Waals surface area (Å²) in [6.45, 7) is 2.55. The molecule has 3 aromatic carbocycles. The molecule has 0 fully saturated rings. The van der Waals surface area contributed by atoms with Gasteiger partial charge in [-0.25, -0.2) is 4.79 Å². The highest BCUT2D eigenvalue weighted by molar-refractivity contribution is 6.20. The summed E-state index contributed by atoms with van der Waals surface area (Å²) in [6, 6.07) is 24.7. The molecule has 0 radical (unpaired) electrons. The highest BCUT2D eigenvalue weighted by Gasteiger charge is 2.09. The first kappa shape index (κ1) is 17.5. The molecule has 0 atom stereocenters. The average molecular weight is 344 g/mol. The molecule has 3 rings (SSSR count). The molecular formula is C23H20O3. The van der Waals surface area contributed by atoms with E-state index in [0.29, 0.717) is 12.2 Å². The van der Waals surface area contributed by atoms with Crippen LogP contribution in [0.5, 0.6) is 5.75 Å². The average Bonchev–Trinajstić information content (AvgIpc) is 2.67. The van der Waals surface area contributed by atoms with Crippen LogP contribution >= 0.6 is 0 Å². The third-order valence-electron chi connectivity index (χ3n) is 4.03. The van der Waals surface area contributed by atoms with Gasteiger partial charge < -0.3 is 9.84 Å². The first-order valence-corrected chi connectivity index (χ1v) is 8.40. The normalized spacial score (nSPS) is 11.2. The predicted octanol–water partition coefficient (Wildman–Crippen LogP) is 5.20. The summed E-state index contributed by atoms with van der Waals surface area (Å²) in [6.07, 6.45) is 1.67. The van der Waals surface area contributed by atoms with E-state index in [9.17, 15) is 9.90 Å². The van der Waals surface area contributed by atoms with E-state index in [1.807, 2.05) is 54.6 Å². The molecule has 26 heavy (non-hydrogen) atoms. The van der Waals surface area contributed by atoms with Gasteiger partial charge in [0.15, 0.2) is 0 Å². The Bertz CT molecular complexity index is 892. The van der Waals surface area contributed by atoms with Crippen molar-refractivity contribution in [1.82, 2.24) is 0 Å². The number of benzene rings is 3. The van der Waals surface area contributed by atoms with E-state index in [1.165, 1.54) is 5.56 Å². The summed E-state index contributed by atoms with van der Waals surface area (Å²) in [5.74, 6) is -0.199. The topological polar surface area (TPSA) is 46.5 Å². The Morgan fingerprint density at radius 1 is 0.923 bits per heavy atom. The lowest BCUT2D eigenvalue weighted by Crippen LogP contribution is -1.99. The third kappa shape index (κ3) is 4.61. The van der Waals surface area contributed by atoms with Crippen molar-refractivity contribution in [3.05, 3.63) is 101 Å². The van der Waals surface area contributed by atoms with Crippen LogP contribution in [0.2, 0.25) is 0 Å². The van der Waals surface area contributed by atoms with E-state index in [4.69, 9.17) is 4.74 Å². The highest BCUT2D eigenvalue weighted by Crippen LogP contribution is 2.21. The summed E-state index contributed by atoms with van der Waals surface area (Å²) < 4.78 is 5.79. The van der Waals surface area contributed by atoms with E-state index in [-0.39, 0.29) is 5.57 Å². The second-order valence-corrected chi connectivity index (χ2v) is 6.07. The predicted molar refractivity (Wildman–Crippen MR) is 104 cm³/mol. The molecule has 0 aliphatic heterocycles. The number of aliphatic carboxylic acids is 1. The molecule has 3 nitrogen and oxygen atoms in total. The Balaban J connectivity index is 1.72. The van der Waals surface area contributed by atoms with E-state index in [1.54, 1.807) is 18.2 Å². The van der Waals surface area contributed by atoms with Gasteiger partial charge in [0.25, 0.3) is 0 Å². The van der Waals surface area contributed by atoms with Gasteiger partial charge in [-0.3, -0.25) is 0 Å². The summed E-state index contributed by atoms with van der Waals surface area (Å²) in [4.78, 5) is 11.6. The van der Waals surface area contributed by atoms with E-state index in [2.05, 4.69) is 19.1 Å². The number of hydrogen-bond acceptors (Lipinski definition) is 2. The number of aryl methyl sites for hydroxylation is 1. The van der Waals surface area contributed by atoms with Crippen molar-refractivity contribution in [3.63, 3.8) is 0 Å². The molecule has 130 valence electrons. The van der Waals surface area contributed by atoms with Gasteiger partial charge in [0.2, 0.25) is 0 Å². The Hall–Kier alpha value is -3.33. The third-order valence-corrected chi connectivity index (χ3v) is 4.03. The lowest BCUT2D eigenvalue weighted by atomic mass is 10.0. The molecule has 0 heterocycles. The fourth-order valence-electron chi connectivity index (χ4n) is 2.56. The highest BCUT2D eigenvalue weighted by atomic mass is 16.5. The number of carboxylic acid groups (broad SMARTS) is 1. The zero-order chi connectivity index (χ0) is 18.4. The minimum atomic E-state index is -0.948. The summed E-state index contributed by atoms with van der Waals surface area (Å²) in [7, 11) is 0. The van der Waals surface area contributed by atoms with Crippen LogP contribution in [-0.4, -0.2) is 11.1 Å². The summed E-state index contributed by atoms with van der Waals surface area (Å²) >= 11 is 0. The molecular weight excluding hydrogens is 324 g/mol. The molecule has 0 aliphatic carbocycles. The maximum Gasteiger partial charge on any atom is 0.336 e. The molecule has 0 saturated carbocycles. The van der Waals surface area contributed by atoms with Gasteiger partial charge in [0.05, 0.1) is 5.57 Å². The maximum atomic E-state index is 11.6. The van der Waals surface area contributed by atoms with Crippen molar-refractivity contribution in [1.29, 1.82) is 0 Å². The van der Waals surface area contributed by atoms with Gasteiger partial charge in [0, 0.05) is 0 Å². The molecule has 0 unspecified atom stereocenters. The van der Waals surface area contributed by atoms with Crippen molar-refractivity contribution in [3.8, 4) is 5.75 Å². The van der Waals surface area contributed by atoms with E-state index < -0.39 is 5.97 Å². The molecule has 0 spiro atoms. The van der Waals surface area contributed by atoms with E-state index >= 15 is 0 Å². The standard InChI is InChI=1S/C23H20O3/c1-17-7-9-19(10-8-17)16-26-21-13-11-18(12-14-21)15-22(23(24)25)20-5-3-2-4-6-20/h2-15H,16H2,1H3,(H,24,25). The number of carboxylic acids is 1. The lowest BCUT2D eigenvalue weighted by Gasteiger charge is -2.07. The van der Waals surface area contributed by atoms with Crippen molar-refractivity contribution in [2.45, 2.75) is 13.5 Å². The Morgan fingerprint density at radius 3 is 2.19 bits per heavy atom. The molecule has 1 N–H and O–H groups in total. The smallest absolute Gasteiger partial charge is 0.336 e. The van der Waals surface area contributed by atoms with Crippen LogP contribution in [0.4, 0.5) is 0 Å². The fraction of sp³-hybridized carbons (Fsp3) is 0.0870. The van der Waals surface area contributed by atoms with Crippen molar-refractivity contribution >= 4 is 17.6 Å². The monoisotopic (exact) mass is 344 g/mol. The van der Waals surface area contributed by atoms with Gasteiger partial charge in [-0.1, -0.05) is 72.3 Å². The van der Waals surface area contributed by atoms with Crippen LogP contribution in [0.25, 0.3) is 11.6 Å². The van der Waals surface area contributed by atoms with Crippen LogP contribution in [0.15, 0.2) is 78.9 Å². The summed E-state index contributed by atoms with van der Waals surface area (Å²) in [5, 5.41) is 9.48. The second-order valence-electron chi connectivity index (χ2n) is 6.07. The SMILES string of the molecule is Cc1ccc(COc2ccc(C=C(C(=O)O)c3ccccc3)cc2)cc1. The molecule has 0 aliphatic rings. The van der Waals surface area contributed by atoms with Crippen molar-refractivity contribution in [2.75, 3.05) is 0 Å². The zero-order valence-electron chi connectivity index (χ0n) is 14.6. The van der Waals surface area contributed by atoms with Crippen LogP contribution < -0.4 is 4.74 Å². The second kappa shape index (κ2) is 8.17. The summed E-state index contributed by atoms with van der Waals surface area (Å²) in [5.41, 5.74) is 4.09. The fourth-order valence-corrected chi connectivity index (χ4v) is 2.56. The first-order valence-electron chi connectivity index (χ1n) is 8.40. The molecule has 0 amide bonds. The van der Waals surface area contributed by atoms with Gasteiger partial charge in [-0.15, -0.1) is 0 Å². The van der Waals surface area contributed by atoms with Crippen molar-refractivity contribution < 1.29 is 14.6 Å². The quantitative estimate of drug-likeness (QED) is 0.494. The van der Waals surface area contributed by atoms with E-state index in [0.717, 1.165) is 16.9 Å². The largest absolute Gasteiger partial charge is 0.489 e. The minimum Gasteiger partial charge on any atom is -0.489 e. The molecule has 3 heteroatoms. The number of carbonyl (C=O) groups is 1. The van der Waals surface area contributed by atoms with Crippen molar-refractivity contribution in [2.24, 2.45) is 0 Å². The minimum absolute atomic E-state index is 0.263. The van der Waals surface area contributed by atoms with Crippen LogP contribution in [0, 0.1) is 6.92 Å². The molecule has 0 bridgehead atoms. The van der Waals surface area contributed by atoms with Crippen LogP contribution in [0.3, 0.4) is 0 Å². The van der Waals surface area contributed by atoms with Gasteiger partial charge >= 0.3 is 5.97 Å². The zero-order valence-corrected chi connectivity index (χ0v) is 14.6. The number of rotatable bonds is 6. The first-order chi connectivity index (χ1) is 12.6. The van der Waals surface area contributed by atoms with Crippen LogP contribution in [0.1, 0.15) is 22.3 Å². The van der Waals surface area contributed by atoms with Crippen LogP contribution in [-0.2, 0) is 11.4 Å².